The first-order chi connectivity index (χ1) is 15.8. The quantitative estimate of drug-likeness (QED) is 0.245. The van der Waals surface area contributed by atoms with Crippen LogP contribution < -0.4 is 21.7 Å². The van der Waals surface area contributed by atoms with Crippen molar-refractivity contribution in [3.05, 3.63) is 29.8 Å². The number of hydrogen-bond acceptors (Lipinski definition) is 6. The highest BCUT2D eigenvalue weighted by Gasteiger charge is 2.30. The molecule has 0 saturated carbocycles. The molecule has 3 amide bonds. The van der Waals surface area contributed by atoms with E-state index in [1.807, 2.05) is 20.8 Å². The minimum atomic E-state index is -1.15. The molecule has 0 spiro atoms. The zero-order valence-electron chi connectivity index (χ0n) is 20.5. The van der Waals surface area contributed by atoms with Crippen molar-refractivity contribution in [2.45, 2.75) is 78.0 Å². The Balaban J connectivity index is 2.96. The van der Waals surface area contributed by atoms with Gasteiger partial charge in [0.1, 0.15) is 23.9 Å². The Morgan fingerprint density at radius 3 is 2.00 bits per heavy atom. The summed E-state index contributed by atoms with van der Waals surface area (Å²) in [5.74, 6) is -2.96. The van der Waals surface area contributed by atoms with Gasteiger partial charge >= 0.3 is 5.97 Å². The summed E-state index contributed by atoms with van der Waals surface area (Å²) in [7, 11) is 0. The minimum Gasteiger partial charge on any atom is -0.508 e. The first-order valence-corrected chi connectivity index (χ1v) is 11.5. The minimum absolute atomic E-state index is 0.0623. The number of rotatable bonds is 13. The second-order valence-corrected chi connectivity index (χ2v) is 9.11. The molecule has 0 bridgehead atoms. The number of aliphatic carboxylic acids is 1. The van der Waals surface area contributed by atoms with E-state index in [1.165, 1.54) is 19.1 Å². The van der Waals surface area contributed by atoms with Crippen molar-refractivity contribution in [2.75, 3.05) is 0 Å². The number of nitrogens with two attached hydrogens (primary N) is 1. The van der Waals surface area contributed by atoms with Gasteiger partial charge in [-0.2, -0.15) is 0 Å². The number of benzene rings is 1. The summed E-state index contributed by atoms with van der Waals surface area (Å²) in [6.07, 6.45) is 1.09. The number of carboxylic acids is 1. The molecule has 0 heterocycles. The average Bonchev–Trinajstić information content (AvgIpc) is 2.76. The number of carbonyl (C=O) groups excluding carboxylic acids is 3. The third kappa shape index (κ3) is 9.38. The number of carbonyl (C=O) groups is 4. The molecule has 0 aromatic heterocycles. The summed E-state index contributed by atoms with van der Waals surface area (Å²) >= 11 is 0. The van der Waals surface area contributed by atoms with Crippen molar-refractivity contribution in [1.29, 1.82) is 0 Å². The van der Waals surface area contributed by atoms with Crippen molar-refractivity contribution in [3.8, 4) is 5.75 Å². The summed E-state index contributed by atoms with van der Waals surface area (Å²) in [5, 5.41) is 26.6. The molecule has 0 fully saturated rings. The number of carboxylic acid groups (broad SMARTS) is 1. The molecule has 0 aliphatic heterocycles. The molecule has 0 saturated heterocycles. The highest BCUT2D eigenvalue weighted by molar-refractivity contribution is 5.94. The van der Waals surface area contributed by atoms with Crippen LogP contribution in [0.3, 0.4) is 0 Å². The third-order valence-electron chi connectivity index (χ3n) is 5.60. The van der Waals surface area contributed by atoms with E-state index in [9.17, 15) is 29.4 Å². The van der Waals surface area contributed by atoms with E-state index in [1.54, 1.807) is 19.1 Å². The monoisotopic (exact) mass is 478 g/mol. The van der Waals surface area contributed by atoms with Crippen molar-refractivity contribution in [1.82, 2.24) is 16.0 Å². The zero-order valence-corrected chi connectivity index (χ0v) is 20.5. The van der Waals surface area contributed by atoms with Gasteiger partial charge in [-0.1, -0.05) is 46.2 Å². The summed E-state index contributed by atoms with van der Waals surface area (Å²) in [5.41, 5.74) is 6.63. The van der Waals surface area contributed by atoms with Gasteiger partial charge in [0.15, 0.2) is 0 Å². The normalized spacial score (nSPS) is 15.5. The summed E-state index contributed by atoms with van der Waals surface area (Å²) in [4.78, 5) is 49.6. The highest BCUT2D eigenvalue weighted by atomic mass is 16.4. The average molecular weight is 479 g/mol. The number of phenols is 1. The van der Waals surface area contributed by atoms with Crippen molar-refractivity contribution < 1.29 is 29.4 Å². The molecule has 0 aliphatic rings. The van der Waals surface area contributed by atoms with Crippen LogP contribution in [-0.2, 0) is 25.6 Å². The molecule has 1 aromatic rings. The summed E-state index contributed by atoms with van der Waals surface area (Å²) < 4.78 is 0. The molecule has 1 rings (SSSR count). The van der Waals surface area contributed by atoms with Gasteiger partial charge in [0.25, 0.3) is 0 Å². The fraction of sp³-hybridized carbons (Fsp3) is 0.583. The lowest BCUT2D eigenvalue weighted by Crippen LogP contribution is -2.57. The van der Waals surface area contributed by atoms with Crippen LogP contribution in [0.5, 0.6) is 5.75 Å². The van der Waals surface area contributed by atoms with E-state index in [-0.39, 0.29) is 24.0 Å². The molecule has 10 nitrogen and oxygen atoms in total. The maximum atomic E-state index is 13.0. The summed E-state index contributed by atoms with van der Waals surface area (Å²) in [6.45, 7) is 8.83. The Bertz CT molecular complexity index is 842. The maximum Gasteiger partial charge on any atom is 0.326 e. The van der Waals surface area contributed by atoms with Crippen molar-refractivity contribution >= 4 is 23.7 Å². The van der Waals surface area contributed by atoms with Crippen LogP contribution in [0.15, 0.2) is 24.3 Å². The van der Waals surface area contributed by atoms with Crippen LogP contribution in [0.25, 0.3) is 0 Å². The predicted molar refractivity (Wildman–Crippen MR) is 128 cm³/mol. The Morgan fingerprint density at radius 1 is 0.912 bits per heavy atom. The Morgan fingerprint density at radius 2 is 1.50 bits per heavy atom. The maximum absolute atomic E-state index is 13.0. The first-order valence-electron chi connectivity index (χ1n) is 11.5. The van der Waals surface area contributed by atoms with Crippen LogP contribution >= 0.6 is 0 Å². The molecule has 1 aromatic carbocycles. The van der Waals surface area contributed by atoms with Gasteiger partial charge in [-0.25, -0.2) is 4.79 Å². The van der Waals surface area contributed by atoms with Gasteiger partial charge < -0.3 is 31.9 Å². The van der Waals surface area contributed by atoms with E-state index in [0.717, 1.165) is 0 Å². The molecule has 10 heteroatoms. The third-order valence-corrected chi connectivity index (χ3v) is 5.60. The highest BCUT2D eigenvalue weighted by Crippen LogP contribution is 2.12. The molecular formula is C24H38N4O6. The van der Waals surface area contributed by atoms with Crippen molar-refractivity contribution in [2.24, 2.45) is 17.6 Å². The second kappa shape index (κ2) is 13.5. The van der Waals surface area contributed by atoms with Gasteiger partial charge in [0.05, 0.1) is 6.04 Å². The zero-order chi connectivity index (χ0) is 26.0. The predicted octanol–water partition coefficient (Wildman–Crippen LogP) is 0.913. The molecule has 190 valence electrons. The van der Waals surface area contributed by atoms with Gasteiger partial charge in [-0.15, -0.1) is 0 Å². The van der Waals surface area contributed by atoms with Gasteiger partial charge in [-0.3, -0.25) is 14.4 Å². The van der Waals surface area contributed by atoms with Crippen LogP contribution in [0.1, 0.15) is 53.0 Å². The number of nitrogens with one attached hydrogen (secondary N) is 3. The molecule has 5 atom stereocenters. The van der Waals surface area contributed by atoms with E-state index >= 15 is 0 Å². The van der Waals surface area contributed by atoms with E-state index in [4.69, 9.17) is 5.73 Å². The van der Waals surface area contributed by atoms with Gasteiger partial charge in [0.2, 0.25) is 17.7 Å². The van der Waals surface area contributed by atoms with Crippen LogP contribution in [0.2, 0.25) is 0 Å². The van der Waals surface area contributed by atoms with Crippen LogP contribution in [0, 0.1) is 11.8 Å². The molecule has 34 heavy (non-hydrogen) atoms. The number of aromatic hydroxyl groups is 1. The van der Waals surface area contributed by atoms with Gasteiger partial charge in [-0.05, 0) is 42.9 Å². The number of amides is 3. The molecule has 7 N–H and O–H groups in total. The number of hydrogen-bond donors (Lipinski definition) is 6. The van der Waals surface area contributed by atoms with Gasteiger partial charge in [0, 0.05) is 6.42 Å². The Hall–Kier alpha value is -3.14. The lowest BCUT2D eigenvalue weighted by Gasteiger charge is -2.25. The van der Waals surface area contributed by atoms with Crippen molar-refractivity contribution in [3.63, 3.8) is 0 Å². The SMILES string of the molecule is CCC(C)C(NC(=O)C(C)NC(=O)C(Cc1ccc(O)cc1)NC(=O)C(N)CC(C)C)C(=O)O. The molecule has 0 aliphatic carbocycles. The fourth-order valence-corrected chi connectivity index (χ4v) is 3.31. The van der Waals surface area contributed by atoms with E-state index < -0.39 is 47.9 Å². The van der Waals surface area contributed by atoms with Crippen LogP contribution in [0.4, 0.5) is 0 Å². The lowest BCUT2D eigenvalue weighted by molar-refractivity contribution is -0.143. The second-order valence-electron chi connectivity index (χ2n) is 9.11. The standard InChI is InChI=1S/C24H38N4O6/c1-6-14(4)20(24(33)34)28-21(30)15(5)26-23(32)19(12-16-7-9-17(29)10-8-16)27-22(31)18(25)11-13(2)3/h7-10,13-15,18-20,29H,6,11-12,25H2,1-5H3,(H,26,32)(H,27,31)(H,28,30)(H,33,34). The first kappa shape index (κ1) is 28.9. The largest absolute Gasteiger partial charge is 0.508 e. The van der Waals surface area contributed by atoms with E-state index in [0.29, 0.717) is 18.4 Å². The molecule has 0 radical (unpaired) electrons. The molecule has 5 unspecified atom stereocenters. The Kier molecular flexibility index (Phi) is 11.5. The number of phenolic OH excluding ortho intramolecular Hbond substituents is 1. The van der Waals surface area contributed by atoms with E-state index in [2.05, 4.69) is 16.0 Å². The van der Waals surface area contributed by atoms with Crippen LogP contribution in [-0.4, -0.2) is 58.1 Å². The Labute approximate surface area is 200 Å². The summed E-state index contributed by atoms with van der Waals surface area (Å²) in [6, 6.07) is 2.21. The molecular weight excluding hydrogens is 440 g/mol. The fourth-order valence-electron chi connectivity index (χ4n) is 3.31. The smallest absolute Gasteiger partial charge is 0.326 e. The lowest BCUT2D eigenvalue weighted by atomic mass is 9.99. The topological polar surface area (TPSA) is 171 Å².